The number of carbonyl (C=O) groups excluding carboxylic acids is 1. The molecule has 21 heavy (non-hydrogen) atoms. The number of morpholine rings is 1. The maximum Gasteiger partial charge on any atom is 0.417 e. The van der Waals surface area contributed by atoms with Crippen molar-refractivity contribution in [3.8, 4) is 0 Å². The molecule has 0 saturated carbocycles. The van der Waals surface area contributed by atoms with Crippen molar-refractivity contribution in [3.05, 3.63) is 34.2 Å². The summed E-state index contributed by atoms with van der Waals surface area (Å²) in [7, 11) is 0. The van der Waals surface area contributed by atoms with Gasteiger partial charge in [0.25, 0.3) is 5.56 Å². The van der Waals surface area contributed by atoms with E-state index in [4.69, 9.17) is 4.74 Å². The lowest BCUT2D eigenvalue weighted by atomic mass is 10.2. The summed E-state index contributed by atoms with van der Waals surface area (Å²) in [6.07, 6.45) is -4.00. The highest BCUT2D eigenvalue weighted by atomic mass is 19.4. The van der Waals surface area contributed by atoms with Crippen LogP contribution in [0.2, 0.25) is 0 Å². The maximum atomic E-state index is 12.6. The van der Waals surface area contributed by atoms with Gasteiger partial charge in [0, 0.05) is 25.4 Å². The third-order valence-electron chi connectivity index (χ3n) is 3.21. The van der Waals surface area contributed by atoms with Crippen molar-refractivity contribution in [1.29, 1.82) is 0 Å². The number of hydrogen-bond acceptors (Lipinski definition) is 3. The van der Waals surface area contributed by atoms with Crippen LogP contribution >= 0.6 is 0 Å². The monoisotopic (exact) mass is 304 g/mol. The molecule has 0 N–H and O–H groups in total. The van der Waals surface area contributed by atoms with E-state index in [0.717, 1.165) is 10.6 Å². The molecule has 1 aromatic rings. The molecule has 1 saturated heterocycles. The highest BCUT2D eigenvalue weighted by Crippen LogP contribution is 2.28. The second-order valence-electron chi connectivity index (χ2n) is 4.90. The van der Waals surface area contributed by atoms with Gasteiger partial charge in [-0.1, -0.05) is 0 Å². The van der Waals surface area contributed by atoms with Crippen LogP contribution in [0, 0.1) is 0 Å². The molecule has 2 heterocycles. The Hall–Kier alpha value is -1.83. The van der Waals surface area contributed by atoms with E-state index >= 15 is 0 Å². The SMILES string of the molecule is C[C@H]1CN(C(=O)Cn2cc(C(F)(F)F)ccc2=O)CCO1. The molecule has 116 valence electrons. The molecule has 1 amide bonds. The van der Waals surface area contributed by atoms with E-state index < -0.39 is 29.8 Å². The first-order valence-corrected chi connectivity index (χ1v) is 6.44. The summed E-state index contributed by atoms with van der Waals surface area (Å²) in [6, 6.07) is 1.53. The van der Waals surface area contributed by atoms with Gasteiger partial charge in [0.15, 0.2) is 0 Å². The van der Waals surface area contributed by atoms with Crippen LogP contribution in [-0.4, -0.2) is 41.2 Å². The van der Waals surface area contributed by atoms with Crippen LogP contribution < -0.4 is 5.56 Å². The Morgan fingerprint density at radius 2 is 2.14 bits per heavy atom. The molecule has 1 aliphatic rings. The van der Waals surface area contributed by atoms with E-state index in [2.05, 4.69) is 0 Å². The van der Waals surface area contributed by atoms with Crippen molar-refractivity contribution in [2.24, 2.45) is 0 Å². The predicted molar refractivity (Wildman–Crippen MR) is 67.7 cm³/mol. The van der Waals surface area contributed by atoms with E-state index in [1.807, 2.05) is 0 Å². The number of halogens is 3. The van der Waals surface area contributed by atoms with Crippen LogP contribution in [0.1, 0.15) is 12.5 Å². The van der Waals surface area contributed by atoms with Gasteiger partial charge in [0.05, 0.1) is 18.3 Å². The third kappa shape index (κ3) is 3.84. The number of rotatable bonds is 2. The number of aromatic nitrogens is 1. The second kappa shape index (κ2) is 5.88. The summed E-state index contributed by atoms with van der Waals surface area (Å²) >= 11 is 0. The van der Waals surface area contributed by atoms with Gasteiger partial charge in [-0.05, 0) is 13.0 Å². The summed E-state index contributed by atoms with van der Waals surface area (Å²) in [5, 5.41) is 0. The van der Waals surface area contributed by atoms with Gasteiger partial charge in [-0.25, -0.2) is 0 Å². The first kappa shape index (κ1) is 15.6. The molecule has 8 heteroatoms. The Morgan fingerprint density at radius 3 is 2.76 bits per heavy atom. The van der Waals surface area contributed by atoms with Crippen LogP contribution in [0.4, 0.5) is 13.2 Å². The molecule has 1 aliphatic heterocycles. The lowest BCUT2D eigenvalue weighted by molar-refractivity contribution is -0.140. The van der Waals surface area contributed by atoms with E-state index in [0.29, 0.717) is 32.0 Å². The summed E-state index contributed by atoms with van der Waals surface area (Å²) in [4.78, 5) is 25.1. The van der Waals surface area contributed by atoms with E-state index in [1.54, 1.807) is 6.92 Å². The average Bonchev–Trinajstić information content (AvgIpc) is 2.40. The van der Waals surface area contributed by atoms with Crippen molar-refractivity contribution < 1.29 is 22.7 Å². The minimum Gasteiger partial charge on any atom is -0.375 e. The predicted octanol–water partition coefficient (Wildman–Crippen LogP) is 1.11. The van der Waals surface area contributed by atoms with E-state index in [9.17, 15) is 22.8 Å². The number of pyridine rings is 1. The van der Waals surface area contributed by atoms with Gasteiger partial charge in [0.1, 0.15) is 6.54 Å². The highest BCUT2D eigenvalue weighted by molar-refractivity contribution is 5.76. The molecule has 0 radical (unpaired) electrons. The van der Waals surface area contributed by atoms with Crippen molar-refractivity contribution in [1.82, 2.24) is 9.47 Å². The van der Waals surface area contributed by atoms with Crippen molar-refractivity contribution in [2.45, 2.75) is 25.7 Å². The van der Waals surface area contributed by atoms with Crippen LogP contribution in [0.15, 0.2) is 23.1 Å². The Balaban J connectivity index is 2.15. The van der Waals surface area contributed by atoms with Crippen molar-refractivity contribution in [3.63, 3.8) is 0 Å². The summed E-state index contributed by atoms with van der Waals surface area (Å²) in [6.45, 7) is 2.51. The van der Waals surface area contributed by atoms with Gasteiger partial charge in [-0.3, -0.25) is 9.59 Å². The van der Waals surface area contributed by atoms with E-state index in [1.165, 1.54) is 4.90 Å². The topological polar surface area (TPSA) is 51.5 Å². The minimum absolute atomic E-state index is 0.124. The number of carbonyl (C=O) groups is 1. The quantitative estimate of drug-likeness (QED) is 0.822. The molecular formula is C13H15F3N2O3. The molecule has 1 aromatic heterocycles. The molecule has 0 unspecified atom stereocenters. The smallest absolute Gasteiger partial charge is 0.375 e. The molecule has 0 aliphatic carbocycles. The number of ether oxygens (including phenoxy) is 1. The zero-order valence-electron chi connectivity index (χ0n) is 11.4. The van der Waals surface area contributed by atoms with Gasteiger partial charge < -0.3 is 14.2 Å². The largest absolute Gasteiger partial charge is 0.417 e. The number of nitrogens with zero attached hydrogens (tertiary/aromatic N) is 2. The van der Waals surface area contributed by atoms with Crippen molar-refractivity contribution >= 4 is 5.91 Å². The molecule has 1 fully saturated rings. The summed E-state index contributed by atoms with van der Waals surface area (Å²) in [5.74, 6) is -0.397. The molecule has 5 nitrogen and oxygen atoms in total. The van der Waals surface area contributed by atoms with E-state index in [-0.39, 0.29) is 6.10 Å². The first-order chi connectivity index (χ1) is 9.77. The zero-order valence-corrected chi connectivity index (χ0v) is 11.4. The molecular weight excluding hydrogens is 289 g/mol. The normalized spacial score (nSPS) is 19.6. The minimum atomic E-state index is -4.55. The number of hydrogen-bond donors (Lipinski definition) is 0. The van der Waals surface area contributed by atoms with Gasteiger partial charge in [0.2, 0.25) is 5.91 Å². The Kier molecular flexibility index (Phi) is 4.36. The van der Waals surface area contributed by atoms with Gasteiger partial charge in [-0.15, -0.1) is 0 Å². The average molecular weight is 304 g/mol. The Labute approximate surface area is 118 Å². The lowest BCUT2D eigenvalue weighted by Gasteiger charge is -2.31. The van der Waals surface area contributed by atoms with Crippen LogP contribution in [-0.2, 0) is 22.3 Å². The molecule has 0 bridgehead atoms. The van der Waals surface area contributed by atoms with Crippen molar-refractivity contribution in [2.75, 3.05) is 19.7 Å². The molecule has 0 spiro atoms. The zero-order chi connectivity index (χ0) is 15.6. The fourth-order valence-electron chi connectivity index (χ4n) is 2.11. The fourth-order valence-corrected chi connectivity index (χ4v) is 2.11. The molecule has 2 rings (SSSR count). The van der Waals surface area contributed by atoms with Crippen LogP contribution in [0.25, 0.3) is 0 Å². The first-order valence-electron chi connectivity index (χ1n) is 6.44. The Bertz CT molecular complexity index is 583. The standard InChI is InChI=1S/C13H15F3N2O3/c1-9-6-17(4-5-21-9)12(20)8-18-7-10(13(14,15)16)2-3-11(18)19/h2-3,7,9H,4-6,8H2,1H3/t9-/m0/s1. The molecule has 0 aromatic carbocycles. The second-order valence-corrected chi connectivity index (χ2v) is 4.90. The molecule has 1 atom stereocenters. The van der Waals surface area contributed by atoms with Crippen LogP contribution in [0.5, 0.6) is 0 Å². The maximum absolute atomic E-state index is 12.6. The summed E-state index contributed by atoms with van der Waals surface area (Å²) < 4.78 is 43.9. The third-order valence-corrected chi connectivity index (χ3v) is 3.21. The summed E-state index contributed by atoms with van der Waals surface area (Å²) in [5.41, 5.74) is -1.59. The van der Waals surface area contributed by atoms with Gasteiger partial charge in [-0.2, -0.15) is 13.2 Å². The number of alkyl halides is 3. The lowest BCUT2D eigenvalue weighted by Crippen LogP contribution is -2.46. The number of amides is 1. The fraction of sp³-hybridized carbons (Fsp3) is 0.538. The Morgan fingerprint density at radius 1 is 1.43 bits per heavy atom. The van der Waals surface area contributed by atoms with Gasteiger partial charge >= 0.3 is 6.18 Å². The highest BCUT2D eigenvalue weighted by Gasteiger charge is 2.31. The van der Waals surface area contributed by atoms with Crippen LogP contribution in [0.3, 0.4) is 0 Å².